The van der Waals surface area contributed by atoms with Gasteiger partial charge in [0.25, 0.3) is 11.8 Å². The van der Waals surface area contributed by atoms with Crippen LogP contribution in [-0.4, -0.2) is 57.8 Å². The minimum atomic E-state index is -0.456. The zero-order chi connectivity index (χ0) is 15.8. The van der Waals surface area contributed by atoms with Crippen molar-refractivity contribution >= 4 is 24.2 Å². The molecule has 0 saturated carbocycles. The monoisotopic (exact) mass is 343 g/mol. The number of hydrogen-bond donors (Lipinski definition) is 3. The number of carbonyl (C=O) groups is 2. The second kappa shape index (κ2) is 10.0. The molecule has 1 atom stereocenters. The number of morpholine rings is 1. The van der Waals surface area contributed by atoms with Crippen molar-refractivity contribution in [2.75, 3.05) is 39.9 Å². The van der Waals surface area contributed by atoms with Crippen molar-refractivity contribution in [3.8, 4) is 5.75 Å². The predicted octanol–water partition coefficient (Wildman–Crippen LogP) is -0.0486. The minimum Gasteiger partial charge on any atom is -0.497 e. The summed E-state index contributed by atoms with van der Waals surface area (Å²) in [6.45, 7) is 2.52. The number of methoxy groups -OCH3 is 1. The Balaban J connectivity index is 0.00000264. The number of nitrogens with one attached hydrogen (secondary N) is 3. The molecule has 1 aliphatic heterocycles. The van der Waals surface area contributed by atoms with E-state index in [2.05, 4.69) is 16.0 Å². The van der Waals surface area contributed by atoms with Crippen molar-refractivity contribution in [1.82, 2.24) is 16.0 Å². The van der Waals surface area contributed by atoms with E-state index in [4.69, 9.17) is 9.47 Å². The Morgan fingerprint density at radius 2 is 2.13 bits per heavy atom. The van der Waals surface area contributed by atoms with E-state index in [1.807, 2.05) is 0 Å². The second-order valence-corrected chi connectivity index (χ2v) is 4.84. The topological polar surface area (TPSA) is 88.7 Å². The molecule has 1 heterocycles. The van der Waals surface area contributed by atoms with Gasteiger partial charge in [0.1, 0.15) is 11.9 Å². The fourth-order valence-corrected chi connectivity index (χ4v) is 2.08. The number of benzene rings is 1. The van der Waals surface area contributed by atoms with Crippen LogP contribution in [0.3, 0.4) is 0 Å². The summed E-state index contributed by atoms with van der Waals surface area (Å²) in [6, 6.07) is 6.89. The van der Waals surface area contributed by atoms with Gasteiger partial charge in [-0.1, -0.05) is 6.07 Å². The number of hydrogen-bond acceptors (Lipinski definition) is 5. The quantitative estimate of drug-likeness (QED) is 0.630. The smallest absolute Gasteiger partial charge is 0.251 e. The van der Waals surface area contributed by atoms with E-state index < -0.39 is 6.10 Å². The van der Waals surface area contributed by atoms with Gasteiger partial charge in [-0.2, -0.15) is 0 Å². The van der Waals surface area contributed by atoms with Gasteiger partial charge in [0.05, 0.1) is 13.7 Å². The molecule has 0 bridgehead atoms. The first-order valence-electron chi connectivity index (χ1n) is 7.23. The molecule has 0 spiro atoms. The average Bonchev–Trinajstić information content (AvgIpc) is 2.59. The molecule has 1 aromatic carbocycles. The van der Waals surface area contributed by atoms with Gasteiger partial charge in [0.15, 0.2) is 0 Å². The molecule has 8 heteroatoms. The maximum absolute atomic E-state index is 11.9. The molecule has 2 amide bonds. The maximum atomic E-state index is 11.9. The van der Waals surface area contributed by atoms with Crippen molar-refractivity contribution in [2.24, 2.45) is 0 Å². The lowest BCUT2D eigenvalue weighted by atomic mass is 10.2. The SMILES string of the molecule is COc1cccc(C(=O)NCCNC(=O)C2CNCCO2)c1.Cl. The number of carbonyl (C=O) groups excluding carboxylic acids is 2. The Morgan fingerprint density at radius 1 is 1.35 bits per heavy atom. The molecule has 1 saturated heterocycles. The molecule has 7 nitrogen and oxygen atoms in total. The Kier molecular flexibility index (Phi) is 8.39. The van der Waals surface area contributed by atoms with Gasteiger partial charge >= 0.3 is 0 Å². The first-order chi connectivity index (χ1) is 10.7. The first kappa shape index (κ1) is 19.2. The van der Waals surface area contributed by atoms with E-state index in [-0.39, 0.29) is 24.2 Å². The zero-order valence-electron chi connectivity index (χ0n) is 13.0. The van der Waals surface area contributed by atoms with Crippen LogP contribution in [0.1, 0.15) is 10.4 Å². The van der Waals surface area contributed by atoms with E-state index in [9.17, 15) is 9.59 Å². The normalized spacial score (nSPS) is 16.8. The third-order valence-corrected chi connectivity index (χ3v) is 3.26. The second-order valence-electron chi connectivity index (χ2n) is 4.84. The molecular formula is C15H22ClN3O4. The van der Waals surface area contributed by atoms with Gasteiger partial charge in [-0.3, -0.25) is 9.59 Å². The van der Waals surface area contributed by atoms with Gasteiger partial charge in [-0.05, 0) is 18.2 Å². The highest BCUT2D eigenvalue weighted by atomic mass is 35.5. The van der Waals surface area contributed by atoms with Crippen molar-refractivity contribution in [1.29, 1.82) is 0 Å². The summed E-state index contributed by atoms with van der Waals surface area (Å²) in [5.41, 5.74) is 0.519. The molecule has 1 aliphatic rings. The van der Waals surface area contributed by atoms with E-state index in [0.717, 1.165) is 6.54 Å². The summed E-state index contributed by atoms with van der Waals surface area (Å²) >= 11 is 0. The van der Waals surface area contributed by atoms with Gasteiger partial charge in [0, 0.05) is 31.7 Å². The van der Waals surface area contributed by atoms with E-state index in [1.165, 1.54) is 0 Å². The summed E-state index contributed by atoms with van der Waals surface area (Å²) in [7, 11) is 1.55. The van der Waals surface area contributed by atoms with Crippen molar-refractivity contribution < 1.29 is 19.1 Å². The lowest BCUT2D eigenvalue weighted by Crippen LogP contribution is -2.49. The number of rotatable bonds is 6. The molecular weight excluding hydrogens is 322 g/mol. The average molecular weight is 344 g/mol. The van der Waals surface area contributed by atoms with Crippen LogP contribution in [0.4, 0.5) is 0 Å². The Labute approximate surface area is 141 Å². The Morgan fingerprint density at radius 3 is 2.83 bits per heavy atom. The molecule has 0 aromatic heterocycles. The van der Waals surface area contributed by atoms with Crippen LogP contribution in [0.15, 0.2) is 24.3 Å². The van der Waals surface area contributed by atoms with Gasteiger partial charge in [0.2, 0.25) is 0 Å². The molecule has 2 rings (SSSR count). The van der Waals surface area contributed by atoms with Gasteiger partial charge in [-0.25, -0.2) is 0 Å². The molecule has 1 aromatic rings. The first-order valence-corrected chi connectivity index (χ1v) is 7.23. The third-order valence-electron chi connectivity index (χ3n) is 3.26. The van der Waals surface area contributed by atoms with Crippen LogP contribution in [0.5, 0.6) is 5.75 Å². The molecule has 1 fully saturated rings. The van der Waals surface area contributed by atoms with E-state index in [1.54, 1.807) is 31.4 Å². The van der Waals surface area contributed by atoms with E-state index >= 15 is 0 Å². The highest BCUT2D eigenvalue weighted by Crippen LogP contribution is 2.12. The highest BCUT2D eigenvalue weighted by Gasteiger charge is 2.20. The maximum Gasteiger partial charge on any atom is 0.251 e. The van der Waals surface area contributed by atoms with Crippen LogP contribution in [0.2, 0.25) is 0 Å². The lowest BCUT2D eigenvalue weighted by molar-refractivity contribution is -0.134. The fraction of sp³-hybridized carbons (Fsp3) is 0.467. The Bertz CT molecular complexity index is 521. The molecule has 0 aliphatic carbocycles. The van der Waals surface area contributed by atoms with Crippen LogP contribution >= 0.6 is 12.4 Å². The summed E-state index contributed by atoms with van der Waals surface area (Å²) < 4.78 is 10.4. The molecule has 3 N–H and O–H groups in total. The van der Waals surface area contributed by atoms with Gasteiger partial charge < -0.3 is 25.4 Å². The highest BCUT2D eigenvalue weighted by molar-refractivity contribution is 5.94. The third kappa shape index (κ3) is 6.05. The zero-order valence-corrected chi connectivity index (χ0v) is 13.8. The summed E-state index contributed by atoms with van der Waals surface area (Å²) in [4.78, 5) is 23.7. The largest absolute Gasteiger partial charge is 0.497 e. The van der Waals surface area contributed by atoms with Crippen molar-refractivity contribution in [3.05, 3.63) is 29.8 Å². The summed E-state index contributed by atoms with van der Waals surface area (Å²) in [5.74, 6) is 0.259. The standard InChI is InChI=1S/C15H21N3O4.ClH/c1-21-12-4-2-3-11(9-12)14(19)17-5-6-18-15(20)13-10-16-7-8-22-13;/h2-4,9,13,16H,5-8,10H2,1H3,(H,17,19)(H,18,20);1H. The molecule has 0 radical (unpaired) electrons. The molecule has 128 valence electrons. The van der Waals surface area contributed by atoms with Crippen LogP contribution in [0.25, 0.3) is 0 Å². The lowest BCUT2D eigenvalue weighted by Gasteiger charge is -2.22. The summed E-state index contributed by atoms with van der Waals surface area (Å²) in [6.07, 6.45) is -0.456. The van der Waals surface area contributed by atoms with Gasteiger partial charge in [-0.15, -0.1) is 12.4 Å². The summed E-state index contributed by atoms with van der Waals surface area (Å²) in [5, 5.41) is 8.57. The fourth-order valence-electron chi connectivity index (χ4n) is 2.08. The molecule has 23 heavy (non-hydrogen) atoms. The number of amides is 2. The van der Waals surface area contributed by atoms with Crippen molar-refractivity contribution in [2.45, 2.75) is 6.10 Å². The van der Waals surface area contributed by atoms with Crippen LogP contribution in [0, 0.1) is 0 Å². The Hall–Kier alpha value is -1.83. The predicted molar refractivity (Wildman–Crippen MR) is 88.2 cm³/mol. The van der Waals surface area contributed by atoms with E-state index in [0.29, 0.717) is 37.6 Å². The minimum absolute atomic E-state index is 0. The number of halogens is 1. The van der Waals surface area contributed by atoms with Crippen molar-refractivity contribution in [3.63, 3.8) is 0 Å². The molecule has 1 unspecified atom stereocenters. The number of ether oxygens (including phenoxy) is 2. The van der Waals surface area contributed by atoms with Crippen LogP contribution < -0.4 is 20.7 Å². The van der Waals surface area contributed by atoms with Crippen LogP contribution in [-0.2, 0) is 9.53 Å².